The van der Waals surface area contributed by atoms with Gasteiger partial charge in [0, 0.05) is 19.3 Å². The van der Waals surface area contributed by atoms with Gasteiger partial charge in [-0.1, -0.05) is 25.1 Å². The minimum atomic E-state index is -0.299. The summed E-state index contributed by atoms with van der Waals surface area (Å²) < 4.78 is 6.79. The van der Waals surface area contributed by atoms with Crippen LogP contribution in [0.5, 0.6) is 5.75 Å². The van der Waals surface area contributed by atoms with Crippen LogP contribution in [0, 0.1) is 0 Å². The maximum atomic E-state index is 12.7. The van der Waals surface area contributed by atoms with Gasteiger partial charge >= 0.3 is 0 Å². The van der Waals surface area contributed by atoms with Gasteiger partial charge in [-0.05, 0) is 42.7 Å². The molecule has 0 fully saturated rings. The SMILES string of the molecule is CCCNC(=O)c1nc(C(=O)NCCc2ccc(OC)cc2)c2ccccn12. The normalized spacial score (nSPS) is 10.6. The van der Waals surface area contributed by atoms with Crippen molar-refractivity contribution in [2.75, 3.05) is 20.2 Å². The highest BCUT2D eigenvalue weighted by Gasteiger charge is 2.20. The fourth-order valence-corrected chi connectivity index (χ4v) is 2.88. The number of carbonyl (C=O) groups is 2. The zero-order chi connectivity index (χ0) is 19.9. The van der Waals surface area contributed by atoms with Crippen LogP contribution in [0.25, 0.3) is 5.52 Å². The maximum Gasteiger partial charge on any atom is 0.287 e. The number of aromatic nitrogens is 2. The van der Waals surface area contributed by atoms with Crippen molar-refractivity contribution in [2.45, 2.75) is 19.8 Å². The van der Waals surface area contributed by atoms with Crippen LogP contribution in [0.2, 0.25) is 0 Å². The number of benzene rings is 1. The summed E-state index contributed by atoms with van der Waals surface area (Å²) in [5.74, 6) is 0.419. The lowest BCUT2D eigenvalue weighted by molar-refractivity contribution is 0.0942. The zero-order valence-electron chi connectivity index (χ0n) is 16.1. The van der Waals surface area contributed by atoms with Gasteiger partial charge in [-0.15, -0.1) is 0 Å². The number of rotatable bonds is 8. The molecule has 0 aliphatic heterocycles. The van der Waals surface area contributed by atoms with E-state index in [1.54, 1.807) is 29.8 Å². The van der Waals surface area contributed by atoms with Crippen molar-refractivity contribution in [1.29, 1.82) is 0 Å². The zero-order valence-corrected chi connectivity index (χ0v) is 16.1. The molecule has 0 spiro atoms. The Balaban J connectivity index is 1.71. The van der Waals surface area contributed by atoms with E-state index < -0.39 is 0 Å². The number of imidazole rings is 1. The second kappa shape index (κ2) is 9.03. The van der Waals surface area contributed by atoms with Crippen LogP contribution in [0.3, 0.4) is 0 Å². The fraction of sp³-hybridized carbons (Fsp3) is 0.286. The molecule has 0 atom stereocenters. The highest BCUT2D eigenvalue weighted by atomic mass is 16.5. The number of pyridine rings is 1. The van der Waals surface area contributed by atoms with Crippen LogP contribution in [0.15, 0.2) is 48.7 Å². The van der Waals surface area contributed by atoms with Gasteiger partial charge in [0.25, 0.3) is 11.8 Å². The molecule has 2 aromatic heterocycles. The largest absolute Gasteiger partial charge is 0.497 e. The Morgan fingerprint density at radius 3 is 2.50 bits per heavy atom. The van der Waals surface area contributed by atoms with Crippen LogP contribution < -0.4 is 15.4 Å². The van der Waals surface area contributed by atoms with E-state index in [-0.39, 0.29) is 23.3 Å². The summed E-state index contributed by atoms with van der Waals surface area (Å²) in [5, 5.41) is 5.69. The molecule has 3 rings (SSSR count). The first kappa shape index (κ1) is 19.4. The second-order valence-corrected chi connectivity index (χ2v) is 6.35. The van der Waals surface area contributed by atoms with Crippen LogP contribution in [-0.4, -0.2) is 41.4 Å². The van der Waals surface area contributed by atoms with E-state index in [4.69, 9.17) is 4.74 Å². The quantitative estimate of drug-likeness (QED) is 0.629. The van der Waals surface area contributed by atoms with Gasteiger partial charge < -0.3 is 15.4 Å². The van der Waals surface area contributed by atoms with E-state index in [0.29, 0.717) is 25.0 Å². The molecule has 7 nitrogen and oxygen atoms in total. The Hall–Kier alpha value is -3.35. The Kier molecular flexibility index (Phi) is 6.26. The standard InChI is InChI=1S/C21H24N4O3/c1-3-12-22-21(27)19-24-18(17-6-4-5-14-25(17)19)20(26)23-13-11-15-7-9-16(28-2)10-8-15/h4-10,14H,3,11-13H2,1-2H3,(H,22,27)(H,23,26). The molecule has 1 aromatic carbocycles. The van der Waals surface area contributed by atoms with E-state index >= 15 is 0 Å². The molecule has 2 N–H and O–H groups in total. The summed E-state index contributed by atoms with van der Waals surface area (Å²) in [4.78, 5) is 29.3. The first-order chi connectivity index (χ1) is 13.6. The van der Waals surface area contributed by atoms with Crippen LogP contribution in [0.4, 0.5) is 0 Å². The average Bonchev–Trinajstić information content (AvgIpc) is 3.12. The van der Waals surface area contributed by atoms with Crippen LogP contribution in [-0.2, 0) is 6.42 Å². The van der Waals surface area contributed by atoms with E-state index in [1.165, 1.54) is 0 Å². The lowest BCUT2D eigenvalue weighted by Crippen LogP contribution is -2.27. The van der Waals surface area contributed by atoms with Crippen molar-refractivity contribution < 1.29 is 14.3 Å². The molecule has 0 unspecified atom stereocenters. The predicted molar refractivity (Wildman–Crippen MR) is 107 cm³/mol. The van der Waals surface area contributed by atoms with Crippen molar-refractivity contribution >= 4 is 17.3 Å². The molecule has 7 heteroatoms. The van der Waals surface area contributed by atoms with Gasteiger partial charge in [0.15, 0.2) is 5.69 Å². The third-order valence-electron chi connectivity index (χ3n) is 4.36. The average molecular weight is 380 g/mol. The number of ether oxygens (including phenoxy) is 1. The molecule has 0 saturated carbocycles. The van der Waals surface area contributed by atoms with E-state index in [1.807, 2.05) is 37.3 Å². The third kappa shape index (κ3) is 4.31. The summed E-state index contributed by atoms with van der Waals surface area (Å²) in [6.45, 7) is 3.00. The van der Waals surface area contributed by atoms with Gasteiger partial charge in [0.1, 0.15) is 5.75 Å². The van der Waals surface area contributed by atoms with Gasteiger partial charge in [-0.3, -0.25) is 14.0 Å². The van der Waals surface area contributed by atoms with Crippen LogP contribution in [0.1, 0.15) is 40.0 Å². The molecular weight excluding hydrogens is 356 g/mol. The molecule has 28 heavy (non-hydrogen) atoms. The summed E-state index contributed by atoms with van der Waals surface area (Å²) in [5.41, 5.74) is 1.94. The first-order valence-corrected chi connectivity index (χ1v) is 9.30. The number of hydrogen-bond donors (Lipinski definition) is 2. The van der Waals surface area contributed by atoms with Gasteiger partial charge in [0.05, 0.1) is 12.6 Å². The fourth-order valence-electron chi connectivity index (χ4n) is 2.88. The first-order valence-electron chi connectivity index (χ1n) is 9.30. The van der Waals surface area contributed by atoms with E-state index in [2.05, 4.69) is 15.6 Å². The molecule has 0 aliphatic rings. The third-order valence-corrected chi connectivity index (χ3v) is 4.36. The topological polar surface area (TPSA) is 84.7 Å². The maximum absolute atomic E-state index is 12.7. The molecule has 2 amide bonds. The van der Waals surface area contributed by atoms with Gasteiger partial charge in [-0.2, -0.15) is 0 Å². The number of nitrogens with zero attached hydrogens (tertiary/aromatic N) is 2. The molecule has 3 aromatic rings. The Morgan fingerprint density at radius 2 is 1.79 bits per heavy atom. The number of amides is 2. The monoisotopic (exact) mass is 380 g/mol. The molecule has 2 heterocycles. The van der Waals surface area contributed by atoms with E-state index in [9.17, 15) is 9.59 Å². The highest BCUT2D eigenvalue weighted by molar-refractivity contribution is 6.02. The smallest absolute Gasteiger partial charge is 0.287 e. The lowest BCUT2D eigenvalue weighted by atomic mass is 10.1. The molecular formula is C21H24N4O3. The van der Waals surface area contributed by atoms with Crippen molar-refractivity contribution in [3.8, 4) is 5.75 Å². The summed E-state index contributed by atoms with van der Waals surface area (Å²) in [6, 6.07) is 13.1. The number of carbonyl (C=O) groups excluding carboxylic acids is 2. The molecule has 0 aliphatic carbocycles. The molecule has 0 bridgehead atoms. The van der Waals surface area contributed by atoms with Crippen molar-refractivity contribution in [1.82, 2.24) is 20.0 Å². The summed E-state index contributed by atoms with van der Waals surface area (Å²) in [7, 11) is 1.63. The van der Waals surface area contributed by atoms with Crippen molar-refractivity contribution in [3.05, 3.63) is 65.7 Å². The number of hydrogen-bond acceptors (Lipinski definition) is 4. The lowest BCUT2D eigenvalue weighted by Gasteiger charge is -2.05. The number of fused-ring (bicyclic) bond motifs is 1. The minimum absolute atomic E-state index is 0.212. The number of nitrogens with one attached hydrogen (secondary N) is 2. The van der Waals surface area contributed by atoms with Gasteiger partial charge in [0.2, 0.25) is 5.82 Å². The molecule has 0 saturated heterocycles. The molecule has 146 valence electrons. The molecule has 0 radical (unpaired) electrons. The Labute approximate surface area is 163 Å². The Morgan fingerprint density at radius 1 is 1.04 bits per heavy atom. The minimum Gasteiger partial charge on any atom is -0.497 e. The van der Waals surface area contributed by atoms with Crippen molar-refractivity contribution in [3.63, 3.8) is 0 Å². The summed E-state index contributed by atoms with van der Waals surface area (Å²) in [6.07, 6.45) is 3.25. The Bertz CT molecular complexity index is 963. The highest BCUT2D eigenvalue weighted by Crippen LogP contribution is 2.14. The second-order valence-electron chi connectivity index (χ2n) is 6.35. The van der Waals surface area contributed by atoms with Crippen molar-refractivity contribution in [2.24, 2.45) is 0 Å². The van der Waals surface area contributed by atoms with Crippen LogP contribution >= 0.6 is 0 Å². The summed E-state index contributed by atoms with van der Waals surface area (Å²) >= 11 is 0. The predicted octanol–water partition coefficient (Wildman–Crippen LogP) is 2.46. The van der Waals surface area contributed by atoms with Gasteiger partial charge in [-0.25, -0.2) is 4.98 Å². The van der Waals surface area contributed by atoms with E-state index in [0.717, 1.165) is 17.7 Å². The number of methoxy groups -OCH3 is 1.